The molecule has 5 unspecified atom stereocenters. The van der Waals surface area contributed by atoms with Crippen LogP contribution >= 0.6 is 15.6 Å². The summed E-state index contributed by atoms with van der Waals surface area (Å²) in [6, 6.07) is 0. The van der Waals surface area contributed by atoms with Gasteiger partial charge in [-0.15, -0.1) is 0 Å². The Balaban J connectivity index is 4.70. The van der Waals surface area contributed by atoms with Gasteiger partial charge in [0.1, 0.15) is 25.4 Å². The summed E-state index contributed by atoms with van der Waals surface area (Å²) < 4.78 is 61.4. The van der Waals surface area contributed by atoms with Gasteiger partial charge in [-0.05, 0) is 167 Å². The van der Waals surface area contributed by atoms with E-state index in [4.69, 9.17) is 32.3 Å². The minimum Gasteiger partial charge on any atom is -0.463 e. The molecule has 0 radical (unpaired) electrons. The Labute approximate surface area is 699 Å². The molecular weight excluding hydrogens is 1480 g/mol. The molecule has 0 saturated heterocycles. The second kappa shape index (κ2) is 87.4. The normalized spacial score (nSPS) is 14.8. The van der Waals surface area contributed by atoms with Crippen LogP contribution in [-0.4, -0.2) is 95.9 Å². The van der Waals surface area contributed by atoms with Crippen LogP contribution in [0.3, 0.4) is 0 Å². The molecule has 0 rings (SSSR count). The molecule has 652 valence electrons. The molecule has 0 heterocycles. The van der Waals surface area contributed by atoms with E-state index in [1.54, 1.807) is 0 Å². The molecule has 0 bridgehead atoms. The molecule has 4 N–H and O–H groups in total. The molecule has 0 aromatic rings. The lowest BCUT2D eigenvalue weighted by Gasteiger charge is -2.21. The standard InChI is InChI=1S/C97H158O16P2/c1-4-7-10-13-16-19-22-25-28-31-34-37-40-42-44-45-47-49-51-53-56-59-62-65-68-71-74-77-80-83-95(100)107-86-92(98)87-109-114(103,104)110-88-93(99)89-111-115(105,106)112-91-94(113-97(102)85-82-79-76-73-70-67-64-61-58-55-50-39-36-33-30-27-24-21-18-15-12-9-6-3)90-108-96(101)84-81-78-75-72-69-66-63-60-57-54-52-48-46-43-41-38-35-32-29-26-23-20-17-14-11-8-5-2/h7-12,16-21,25-30,34-39,42-44,46-47,49,52,54-55,58,92-94,98-99H,4-6,13-15,22-24,31-33,40-41,45,48,50-51,53,56-57,59-91H2,1-3H3,(H,103,104)(H,105,106)/b10-7-,11-8-,12-9-,19-16-,20-17-,21-18-,28-25-,29-26-,30-27-,37-34-,38-35-,39-36-,44-42-,46-43-,49-47-,54-52-,58-55-. The number of esters is 3. The zero-order valence-corrected chi connectivity index (χ0v) is 73.4. The van der Waals surface area contributed by atoms with E-state index in [2.05, 4.69) is 227 Å². The largest absolute Gasteiger partial charge is 0.472 e. The van der Waals surface area contributed by atoms with Gasteiger partial charge in [-0.2, -0.15) is 0 Å². The van der Waals surface area contributed by atoms with Crippen LogP contribution in [0.15, 0.2) is 207 Å². The van der Waals surface area contributed by atoms with Gasteiger partial charge < -0.3 is 34.2 Å². The van der Waals surface area contributed by atoms with Crippen LogP contribution < -0.4 is 0 Å². The van der Waals surface area contributed by atoms with Gasteiger partial charge in [-0.1, -0.05) is 349 Å². The highest BCUT2D eigenvalue weighted by molar-refractivity contribution is 7.47. The van der Waals surface area contributed by atoms with Gasteiger partial charge in [0.25, 0.3) is 0 Å². The van der Waals surface area contributed by atoms with Crippen LogP contribution in [-0.2, 0) is 55.8 Å². The number of ether oxygens (including phenoxy) is 3. The predicted molar refractivity (Wildman–Crippen MR) is 481 cm³/mol. The minimum absolute atomic E-state index is 0.0815. The maximum Gasteiger partial charge on any atom is 0.472 e. The number of allylic oxidation sites excluding steroid dienone is 34. The number of phosphoric ester groups is 2. The molecule has 16 nitrogen and oxygen atoms in total. The van der Waals surface area contributed by atoms with E-state index in [-0.39, 0.29) is 19.3 Å². The predicted octanol–water partition coefficient (Wildman–Crippen LogP) is 27.2. The lowest BCUT2D eigenvalue weighted by Crippen LogP contribution is -2.30. The van der Waals surface area contributed by atoms with E-state index in [0.29, 0.717) is 19.3 Å². The Kier molecular flexibility index (Phi) is 83.0. The number of phosphoric acid groups is 2. The Bertz CT molecular complexity index is 2920. The van der Waals surface area contributed by atoms with Gasteiger partial charge in [-0.3, -0.25) is 32.5 Å². The second-order valence-electron chi connectivity index (χ2n) is 28.9. The molecule has 0 aliphatic carbocycles. The summed E-state index contributed by atoms with van der Waals surface area (Å²) in [6.07, 6.45) is 117. The van der Waals surface area contributed by atoms with Crippen LogP contribution in [0.1, 0.15) is 329 Å². The van der Waals surface area contributed by atoms with Crippen molar-refractivity contribution >= 4 is 33.6 Å². The third-order valence-electron chi connectivity index (χ3n) is 18.0. The number of unbranched alkanes of at least 4 members (excludes halogenated alkanes) is 25. The van der Waals surface area contributed by atoms with Gasteiger partial charge >= 0.3 is 33.6 Å². The Morgan fingerprint density at radius 3 is 0.687 bits per heavy atom. The number of hydrogen-bond acceptors (Lipinski definition) is 14. The van der Waals surface area contributed by atoms with Crippen molar-refractivity contribution in [3.8, 4) is 0 Å². The molecule has 18 heteroatoms. The topological polar surface area (TPSA) is 231 Å². The van der Waals surface area contributed by atoms with Crippen LogP contribution in [0.5, 0.6) is 0 Å². The fraction of sp³-hybridized carbons (Fsp3) is 0.619. The number of aliphatic hydroxyl groups excluding tert-OH is 2. The number of aliphatic hydroxyl groups is 2. The molecule has 5 atom stereocenters. The minimum atomic E-state index is -4.95. The highest BCUT2D eigenvalue weighted by atomic mass is 31.2. The maximum atomic E-state index is 13.1. The summed E-state index contributed by atoms with van der Waals surface area (Å²) >= 11 is 0. The molecule has 0 fully saturated rings. The lowest BCUT2D eigenvalue weighted by molar-refractivity contribution is -0.161. The number of rotatable bonds is 82. The van der Waals surface area contributed by atoms with Crippen LogP contribution in [0, 0.1) is 0 Å². The van der Waals surface area contributed by atoms with Crippen molar-refractivity contribution in [2.75, 3.05) is 39.6 Å². The fourth-order valence-corrected chi connectivity index (χ4v) is 13.0. The highest BCUT2D eigenvalue weighted by Gasteiger charge is 2.29. The average Bonchev–Trinajstić information content (AvgIpc) is 0.906. The molecule has 0 amide bonds. The molecule has 0 aromatic carbocycles. The lowest BCUT2D eigenvalue weighted by atomic mass is 10.1. The van der Waals surface area contributed by atoms with Gasteiger partial charge in [0.15, 0.2) is 6.10 Å². The zero-order valence-electron chi connectivity index (χ0n) is 71.6. The highest BCUT2D eigenvalue weighted by Crippen LogP contribution is 2.45. The van der Waals surface area contributed by atoms with Crippen LogP contribution in [0.25, 0.3) is 0 Å². The molecule has 0 aliphatic heterocycles. The van der Waals surface area contributed by atoms with Crippen molar-refractivity contribution in [3.63, 3.8) is 0 Å². The zero-order chi connectivity index (χ0) is 83.6. The number of carbonyl (C=O) groups is 3. The summed E-state index contributed by atoms with van der Waals surface area (Å²) in [4.78, 5) is 59.0. The number of hydrogen-bond donors (Lipinski definition) is 4. The maximum absolute atomic E-state index is 13.1. The molecule has 0 spiro atoms. The van der Waals surface area contributed by atoms with Crippen molar-refractivity contribution in [1.82, 2.24) is 0 Å². The smallest absolute Gasteiger partial charge is 0.463 e. The quantitative estimate of drug-likeness (QED) is 0.0146. The molecule has 115 heavy (non-hydrogen) atoms. The first-order valence-corrected chi connectivity index (χ1v) is 47.4. The average molecular weight is 1640 g/mol. The van der Waals surface area contributed by atoms with Crippen molar-refractivity contribution < 1.29 is 75.8 Å². The first kappa shape index (κ1) is 109. The molecule has 0 aromatic heterocycles. The first-order chi connectivity index (χ1) is 56.2. The summed E-state index contributed by atoms with van der Waals surface area (Å²) in [5.74, 6) is -1.61. The third kappa shape index (κ3) is 88.8. The van der Waals surface area contributed by atoms with E-state index in [0.717, 1.165) is 231 Å². The van der Waals surface area contributed by atoms with E-state index >= 15 is 0 Å². The van der Waals surface area contributed by atoms with E-state index in [9.17, 15) is 43.5 Å². The summed E-state index contributed by atoms with van der Waals surface area (Å²) in [7, 11) is -9.83. The van der Waals surface area contributed by atoms with Gasteiger partial charge in [-0.25, -0.2) is 9.13 Å². The Hall–Kier alpha value is -5.87. The first-order valence-electron chi connectivity index (χ1n) is 44.4. The van der Waals surface area contributed by atoms with E-state index in [1.807, 2.05) is 0 Å². The summed E-state index contributed by atoms with van der Waals surface area (Å²) in [5.41, 5.74) is 0. The van der Waals surface area contributed by atoms with Crippen LogP contribution in [0.2, 0.25) is 0 Å². The number of carbonyl (C=O) groups excluding carboxylic acids is 3. The van der Waals surface area contributed by atoms with E-state index in [1.165, 1.54) is 38.5 Å². The van der Waals surface area contributed by atoms with Crippen molar-refractivity contribution in [2.45, 2.75) is 347 Å². The Morgan fingerprint density at radius 1 is 0.243 bits per heavy atom. The fourth-order valence-electron chi connectivity index (χ4n) is 11.4. The Morgan fingerprint density at radius 2 is 0.435 bits per heavy atom. The molecular formula is C97H158O16P2. The van der Waals surface area contributed by atoms with Gasteiger partial charge in [0.05, 0.1) is 26.4 Å². The monoisotopic (exact) mass is 1640 g/mol. The van der Waals surface area contributed by atoms with E-state index < -0.39 is 91.5 Å². The molecule has 0 saturated carbocycles. The summed E-state index contributed by atoms with van der Waals surface area (Å²) in [6.45, 7) is 2.32. The van der Waals surface area contributed by atoms with Gasteiger partial charge in [0, 0.05) is 19.3 Å². The van der Waals surface area contributed by atoms with Crippen molar-refractivity contribution in [2.24, 2.45) is 0 Å². The van der Waals surface area contributed by atoms with Crippen LogP contribution in [0.4, 0.5) is 0 Å². The van der Waals surface area contributed by atoms with Crippen molar-refractivity contribution in [1.29, 1.82) is 0 Å². The summed E-state index contributed by atoms with van der Waals surface area (Å²) in [5, 5.41) is 20.7. The van der Waals surface area contributed by atoms with Crippen molar-refractivity contribution in [3.05, 3.63) is 207 Å². The molecule has 0 aliphatic rings. The third-order valence-corrected chi connectivity index (χ3v) is 19.9. The SMILES string of the molecule is CC/C=C\C/C=C\C/C=C\C/C=C\C/C=C\C/C=C\CCCCCCCCCCCCC(=O)OCC(O)COP(=O)(O)OCC(O)COP(=O)(O)OCC(COC(=O)CCCCCCCCCC/C=C\C/C=C\C/C=C\C/C=C\C/C=C\C/C=C\CC)OC(=O)CCCCCCCCC/C=C\C/C=C\C/C=C\C/C=C\C/C=C\CC. The second-order valence-corrected chi connectivity index (χ2v) is 31.8. The van der Waals surface area contributed by atoms with Gasteiger partial charge in [0.2, 0.25) is 0 Å².